The second-order valence-corrected chi connectivity index (χ2v) is 5.35. The van der Waals surface area contributed by atoms with Crippen LogP contribution in [0.1, 0.15) is 32.5 Å². The number of nitrogens with one attached hydrogen (secondary N) is 1. The molecule has 0 fully saturated rings. The molecule has 0 amide bonds. The molecule has 1 aromatic heterocycles. The predicted octanol–water partition coefficient (Wildman–Crippen LogP) is 1.66. The lowest BCUT2D eigenvalue weighted by molar-refractivity contribution is 0.680. The van der Waals surface area contributed by atoms with Gasteiger partial charge in [0, 0.05) is 11.8 Å². The van der Waals surface area contributed by atoms with Gasteiger partial charge in [0.1, 0.15) is 6.33 Å². The summed E-state index contributed by atoms with van der Waals surface area (Å²) in [5, 5.41) is 13.0. The van der Waals surface area contributed by atoms with Gasteiger partial charge in [-0.2, -0.15) is 0 Å². The van der Waals surface area contributed by atoms with Gasteiger partial charge in [0.25, 0.3) is 0 Å². The summed E-state index contributed by atoms with van der Waals surface area (Å²) in [5.74, 6) is 0.967. The molecule has 0 saturated heterocycles. The van der Waals surface area contributed by atoms with Crippen molar-refractivity contribution in [2.45, 2.75) is 45.0 Å². The fourth-order valence-corrected chi connectivity index (χ4v) is 2.94. The van der Waals surface area contributed by atoms with E-state index in [0.29, 0.717) is 11.8 Å². The van der Waals surface area contributed by atoms with Crippen molar-refractivity contribution in [2.24, 2.45) is 4.99 Å². The first kappa shape index (κ1) is 12.4. The normalized spacial score (nSPS) is 19.4. The number of rotatable bonds is 5. The van der Waals surface area contributed by atoms with Crippen LogP contribution >= 0.6 is 11.8 Å². The van der Waals surface area contributed by atoms with Crippen LogP contribution in [0, 0.1) is 0 Å². The van der Waals surface area contributed by atoms with Crippen molar-refractivity contribution in [1.82, 2.24) is 20.1 Å². The number of aromatic nitrogens is 3. The molecule has 1 aromatic rings. The minimum atomic E-state index is 0.659. The predicted molar refractivity (Wildman–Crippen MR) is 71.1 cm³/mol. The molecule has 0 spiro atoms. The summed E-state index contributed by atoms with van der Waals surface area (Å²) in [6, 6.07) is 0. The average Bonchev–Trinajstić information content (AvgIpc) is 2.95. The Morgan fingerprint density at radius 1 is 1.53 bits per heavy atom. The zero-order chi connectivity index (χ0) is 12.1. The molecule has 17 heavy (non-hydrogen) atoms. The maximum atomic E-state index is 4.50. The number of thioether (sulfide) groups is 1. The van der Waals surface area contributed by atoms with Gasteiger partial charge in [-0.1, -0.05) is 25.1 Å². The second-order valence-electron chi connectivity index (χ2n) is 4.06. The first-order chi connectivity index (χ1) is 8.33. The molecule has 2 heterocycles. The minimum absolute atomic E-state index is 0.659. The molecule has 0 aliphatic carbocycles. The fourth-order valence-electron chi connectivity index (χ4n) is 1.82. The molecule has 1 aliphatic rings. The van der Waals surface area contributed by atoms with Gasteiger partial charge < -0.3 is 9.88 Å². The number of hydrogen-bond acceptors (Lipinski definition) is 5. The zero-order valence-corrected chi connectivity index (χ0v) is 11.2. The van der Waals surface area contributed by atoms with Crippen molar-refractivity contribution < 1.29 is 0 Å². The third-order valence-electron chi connectivity index (χ3n) is 2.76. The lowest BCUT2D eigenvalue weighted by Crippen LogP contribution is -2.21. The highest BCUT2D eigenvalue weighted by Crippen LogP contribution is 2.23. The summed E-state index contributed by atoms with van der Waals surface area (Å²) < 4.78 is 2.04. The number of aryl methyl sites for hydroxylation is 1. The monoisotopic (exact) mass is 253 g/mol. The van der Waals surface area contributed by atoms with Crippen LogP contribution in [0.25, 0.3) is 0 Å². The maximum absolute atomic E-state index is 4.50. The van der Waals surface area contributed by atoms with Crippen LogP contribution in [0.3, 0.4) is 0 Å². The molecule has 0 aromatic carbocycles. The van der Waals surface area contributed by atoms with E-state index in [1.807, 2.05) is 16.3 Å². The Hall–Kier alpha value is -1.04. The van der Waals surface area contributed by atoms with E-state index in [9.17, 15) is 0 Å². The van der Waals surface area contributed by atoms with Gasteiger partial charge in [0.05, 0.1) is 13.1 Å². The first-order valence-electron chi connectivity index (χ1n) is 6.15. The quantitative estimate of drug-likeness (QED) is 0.867. The van der Waals surface area contributed by atoms with Crippen molar-refractivity contribution in [3.05, 3.63) is 12.2 Å². The van der Waals surface area contributed by atoms with Crippen LogP contribution in [0.2, 0.25) is 0 Å². The largest absolute Gasteiger partial charge is 0.358 e. The molecule has 0 bridgehead atoms. The Balaban J connectivity index is 1.80. The molecule has 1 aliphatic heterocycles. The lowest BCUT2D eigenvalue weighted by Gasteiger charge is -2.08. The van der Waals surface area contributed by atoms with E-state index in [1.54, 1.807) is 6.33 Å². The van der Waals surface area contributed by atoms with Crippen LogP contribution in [-0.4, -0.2) is 31.7 Å². The molecule has 94 valence electrons. The molecular formula is C11H19N5S. The van der Waals surface area contributed by atoms with Crippen molar-refractivity contribution in [3.63, 3.8) is 0 Å². The number of amidine groups is 1. The topological polar surface area (TPSA) is 55.1 Å². The van der Waals surface area contributed by atoms with E-state index >= 15 is 0 Å². The van der Waals surface area contributed by atoms with Gasteiger partial charge in [-0.15, -0.1) is 10.2 Å². The molecule has 1 N–H and O–H groups in total. The van der Waals surface area contributed by atoms with Crippen LogP contribution in [0.15, 0.2) is 11.3 Å². The summed E-state index contributed by atoms with van der Waals surface area (Å²) in [4.78, 5) is 4.50. The Morgan fingerprint density at radius 3 is 3.18 bits per heavy atom. The molecule has 5 nitrogen and oxygen atoms in total. The SMILES string of the molecule is CCCC1CN=C(NCc2nncn2CC)S1. The summed E-state index contributed by atoms with van der Waals surface area (Å²) >= 11 is 1.85. The summed E-state index contributed by atoms with van der Waals surface area (Å²) in [6.07, 6.45) is 4.23. The fraction of sp³-hybridized carbons (Fsp3) is 0.727. The van der Waals surface area contributed by atoms with Gasteiger partial charge >= 0.3 is 0 Å². The van der Waals surface area contributed by atoms with Gasteiger partial charge in [0.2, 0.25) is 0 Å². The van der Waals surface area contributed by atoms with Crippen molar-refractivity contribution >= 4 is 16.9 Å². The van der Waals surface area contributed by atoms with E-state index in [2.05, 4.69) is 34.4 Å². The van der Waals surface area contributed by atoms with Crippen molar-refractivity contribution in [2.75, 3.05) is 6.54 Å². The van der Waals surface area contributed by atoms with Gasteiger partial charge in [0.15, 0.2) is 11.0 Å². The van der Waals surface area contributed by atoms with Crippen molar-refractivity contribution in [3.8, 4) is 0 Å². The molecule has 1 atom stereocenters. The Kier molecular flexibility index (Phi) is 4.42. The second kappa shape index (κ2) is 6.05. The number of nitrogens with zero attached hydrogens (tertiary/aromatic N) is 4. The van der Waals surface area contributed by atoms with E-state index in [0.717, 1.165) is 24.1 Å². The Labute approximate surface area is 106 Å². The molecule has 0 radical (unpaired) electrons. The third kappa shape index (κ3) is 3.21. The molecule has 1 unspecified atom stereocenters. The number of hydrogen-bond donors (Lipinski definition) is 1. The van der Waals surface area contributed by atoms with Crippen LogP contribution < -0.4 is 5.32 Å². The van der Waals surface area contributed by atoms with Crippen LogP contribution in [0.4, 0.5) is 0 Å². The van der Waals surface area contributed by atoms with Gasteiger partial charge in [-0.3, -0.25) is 4.99 Å². The Bertz CT molecular complexity index is 387. The van der Waals surface area contributed by atoms with E-state index < -0.39 is 0 Å². The van der Waals surface area contributed by atoms with E-state index in [1.165, 1.54) is 12.8 Å². The van der Waals surface area contributed by atoms with Gasteiger partial charge in [-0.05, 0) is 13.3 Å². The summed E-state index contributed by atoms with van der Waals surface area (Å²) in [5.41, 5.74) is 0. The molecular weight excluding hydrogens is 234 g/mol. The first-order valence-corrected chi connectivity index (χ1v) is 7.03. The standard InChI is InChI=1S/C11H19N5S/c1-3-5-9-6-12-11(17-9)13-7-10-15-14-8-16(10)4-2/h8-9H,3-7H2,1-2H3,(H,12,13). The minimum Gasteiger partial charge on any atom is -0.358 e. The zero-order valence-electron chi connectivity index (χ0n) is 10.4. The lowest BCUT2D eigenvalue weighted by atomic mass is 10.2. The molecule has 2 rings (SSSR count). The summed E-state index contributed by atoms with van der Waals surface area (Å²) in [7, 11) is 0. The highest BCUT2D eigenvalue weighted by atomic mass is 32.2. The van der Waals surface area contributed by atoms with Crippen LogP contribution in [0.5, 0.6) is 0 Å². The highest BCUT2D eigenvalue weighted by Gasteiger charge is 2.18. The Morgan fingerprint density at radius 2 is 2.41 bits per heavy atom. The molecule has 0 saturated carbocycles. The smallest absolute Gasteiger partial charge is 0.157 e. The highest BCUT2D eigenvalue weighted by molar-refractivity contribution is 8.14. The molecule has 6 heteroatoms. The average molecular weight is 253 g/mol. The van der Waals surface area contributed by atoms with E-state index in [-0.39, 0.29) is 0 Å². The maximum Gasteiger partial charge on any atom is 0.157 e. The van der Waals surface area contributed by atoms with Crippen LogP contribution in [-0.2, 0) is 13.1 Å². The summed E-state index contributed by atoms with van der Waals surface area (Å²) in [6.45, 7) is 6.86. The van der Waals surface area contributed by atoms with Gasteiger partial charge in [-0.25, -0.2) is 0 Å². The third-order valence-corrected chi connectivity index (χ3v) is 3.98. The van der Waals surface area contributed by atoms with E-state index in [4.69, 9.17) is 0 Å². The number of aliphatic imine (C=N–C) groups is 1. The van der Waals surface area contributed by atoms with Crippen molar-refractivity contribution in [1.29, 1.82) is 0 Å².